The first-order chi connectivity index (χ1) is 12.7. The van der Waals surface area contributed by atoms with E-state index < -0.39 is 0 Å². The van der Waals surface area contributed by atoms with Crippen molar-refractivity contribution in [3.8, 4) is 11.3 Å². The highest BCUT2D eigenvalue weighted by molar-refractivity contribution is 6.33. The summed E-state index contributed by atoms with van der Waals surface area (Å²) in [5.74, 6) is 1.02. The van der Waals surface area contributed by atoms with E-state index >= 15 is 0 Å². The molecule has 1 aromatic carbocycles. The first kappa shape index (κ1) is 16.8. The van der Waals surface area contributed by atoms with Gasteiger partial charge in [0.25, 0.3) is 5.91 Å². The number of aromatic nitrogens is 2. The molecule has 1 saturated heterocycles. The largest absolute Gasteiger partial charge is 0.359 e. The molecule has 1 unspecified atom stereocenters. The molecule has 134 valence electrons. The molecule has 6 nitrogen and oxygen atoms in total. The fraction of sp³-hybridized carbons (Fsp3) is 0.316. The number of likely N-dealkylation sites (tertiary alicyclic amines) is 1. The average molecular weight is 372 g/mol. The number of amides is 1. The second-order valence-electron chi connectivity index (χ2n) is 6.29. The summed E-state index contributed by atoms with van der Waals surface area (Å²) in [6.45, 7) is 2.67. The van der Waals surface area contributed by atoms with Gasteiger partial charge in [-0.2, -0.15) is 0 Å². The van der Waals surface area contributed by atoms with Crippen LogP contribution in [-0.2, 0) is 6.42 Å². The molecule has 0 N–H and O–H groups in total. The van der Waals surface area contributed by atoms with Crippen LogP contribution in [0.3, 0.4) is 0 Å². The van der Waals surface area contributed by atoms with Gasteiger partial charge in [0.1, 0.15) is 0 Å². The molecular formula is C19H18ClN3O3. The van der Waals surface area contributed by atoms with Gasteiger partial charge in [-0.1, -0.05) is 41.0 Å². The molecule has 7 heteroatoms. The lowest BCUT2D eigenvalue weighted by atomic mass is 10.1. The maximum absolute atomic E-state index is 12.9. The first-order valence-electron chi connectivity index (χ1n) is 8.65. The van der Waals surface area contributed by atoms with Crippen molar-refractivity contribution in [3.05, 3.63) is 58.6 Å². The second-order valence-corrected chi connectivity index (χ2v) is 6.69. The summed E-state index contributed by atoms with van der Waals surface area (Å²) in [5, 5.41) is 8.55. The molecule has 1 aliphatic heterocycles. The molecule has 1 aliphatic rings. The van der Waals surface area contributed by atoms with E-state index in [0.717, 1.165) is 30.7 Å². The molecule has 0 saturated carbocycles. The monoisotopic (exact) mass is 371 g/mol. The number of carbonyl (C=O) groups excluding carboxylic acids is 1. The predicted octanol–water partition coefficient (Wildman–Crippen LogP) is 4.52. The third-order valence-corrected chi connectivity index (χ3v) is 4.98. The Labute approximate surface area is 155 Å². The Morgan fingerprint density at radius 1 is 1.27 bits per heavy atom. The summed E-state index contributed by atoms with van der Waals surface area (Å²) in [7, 11) is 0. The summed E-state index contributed by atoms with van der Waals surface area (Å²) in [6, 6.07) is 10.7. The number of aryl methyl sites for hydroxylation is 1. The van der Waals surface area contributed by atoms with Crippen LogP contribution in [0.5, 0.6) is 0 Å². The molecule has 0 radical (unpaired) electrons. The van der Waals surface area contributed by atoms with Gasteiger partial charge in [0.05, 0.1) is 16.8 Å². The summed E-state index contributed by atoms with van der Waals surface area (Å²) in [4.78, 5) is 14.7. The van der Waals surface area contributed by atoms with E-state index in [1.807, 2.05) is 31.2 Å². The van der Waals surface area contributed by atoms with Crippen LogP contribution < -0.4 is 0 Å². The Balaban J connectivity index is 1.58. The van der Waals surface area contributed by atoms with E-state index in [9.17, 15) is 4.79 Å². The lowest BCUT2D eigenvalue weighted by Gasteiger charge is -2.21. The summed E-state index contributed by atoms with van der Waals surface area (Å²) in [6.07, 6.45) is 2.56. The van der Waals surface area contributed by atoms with Crippen molar-refractivity contribution in [2.45, 2.75) is 32.2 Å². The zero-order valence-corrected chi connectivity index (χ0v) is 15.1. The summed E-state index contributed by atoms with van der Waals surface area (Å²) in [5.41, 5.74) is 1.87. The third kappa shape index (κ3) is 3.01. The fourth-order valence-electron chi connectivity index (χ4n) is 3.27. The van der Waals surface area contributed by atoms with Gasteiger partial charge in [0.15, 0.2) is 17.2 Å². The van der Waals surface area contributed by atoms with Gasteiger partial charge < -0.3 is 13.9 Å². The number of hydrogen-bond donors (Lipinski definition) is 0. The summed E-state index contributed by atoms with van der Waals surface area (Å²) >= 11 is 6.19. The van der Waals surface area contributed by atoms with Crippen molar-refractivity contribution in [2.24, 2.45) is 0 Å². The summed E-state index contributed by atoms with van der Waals surface area (Å²) < 4.78 is 10.8. The normalized spacial score (nSPS) is 17.0. The highest BCUT2D eigenvalue weighted by Crippen LogP contribution is 2.34. The topological polar surface area (TPSA) is 72.4 Å². The molecule has 4 rings (SSSR count). The van der Waals surface area contributed by atoms with E-state index in [1.165, 1.54) is 0 Å². The smallest absolute Gasteiger partial charge is 0.276 e. The predicted molar refractivity (Wildman–Crippen MR) is 95.8 cm³/mol. The van der Waals surface area contributed by atoms with E-state index in [1.54, 1.807) is 17.0 Å². The van der Waals surface area contributed by atoms with Gasteiger partial charge in [0, 0.05) is 24.2 Å². The highest BCUT2D eigenvalue weighted by Gasteiger charge is 2.34. The molecule has 0 spiro atoms. The molecule has 0 bridgehead atoms. The van der Waals surface area contributed by atoms with Gasteiger partial charge in [-0.3, -0.25) is 4.79 Å². The lowest BCUT2D eigenvalue weighted by molar-refractivity contribution is 0.0704. The zero-order valence-electron chi connectivity index (χ0n) is 14.3. The number of benzene rings is 1. The van der Waals surface area contributed by atoms with Gasteiger partial charge in [-0.05, 0) is 31.4 Å². The van der Waals surface area contributed by atoms with Crippen LogP contribution in [0.1, 0.15) is 47.7 Å². The van der Waals surface area contributed by atoms with Gasteiger partial charge in [-0.15, -0.1) is 0 Å². The van der Waals surface area contributed by atoms with Gasteiger partial charge in [0.2, 0.25) is 0 Å². The van der Waals surface area contributed by atoms with Crippen molar-refractivity contribution in [1.29, 1.82) is 0 Å². The lowest BCUT2D eigenvalue weighted by Crippen LogP contribution is -2.30. The standard InChI is InChI=1S/C19H18ClN3O3/c1-2-12-10-18(26-21-12)16-8-5-9-23(16)19(24)15-11-17(25-22-15)13-6-3-4-7-14(13)20/h3-4,6-7,10-11,16H,2,5,8-9H2,1H3. The fourth-order valence-corrected chi connectivity index (χ4v) is 3.50. The van der Waals surface area contributed by atoms with Crippen LogP contribution in [-0.4, -0.2) is 27.7 Å². The Kier molecular flexibility index (Phi) is 4.51. The molecule has 2 aromatic heterocycles. The minimum atomic E-state index is -0.177. The Hall–Kier alpha value is -2.60. The highest BCUT2D eigenvalue weighted by atomic mass is 35.5. The number of carbonyl (C=O) groups is 1. The van der Waals surface area contributed by atoms with Crippen LogP contribution in [0.15, 0.2) is 45.4 Å². The van der Waals surface area contributed by atoms with E-state index in [0.29, 0.717) is 22.9 Å². The van der Waals surface area contributed by atoms with Crippen LogP contribution in [0.2, 0.25) is 5.02 Å². The Bertz CT molecular complexity index is 934. The van der Waals surface area contributed by atoms with E-state index in [2.05, 4.69) is 10.3 Å². The molecule has 1 atom stereocenters. The quantitative estimate of drug-likeness (QED) is 0.674. The molecule has 1 fully saturated rings. The zero-order chi connectivity index (χ0) is 18.1. The molecule has 3 aromatic rings. The van der Waals surface area contributed by atoms with E-state index in [4.69, 9.17) is 20.6 Å². The number of rotatable bonds is 4. The third-order valence-electron chi connectivity index (χ3n) is 4.65. The van der Waals surface area contributed by atoms with Crippen LogP contribution >= 0.6 is 11.6 Å². The maximum Gasteiger partial charge on any atom is 0.276 e. The van der Waals surface area contributed by atoms with Gasteiger partial charge >= 0.3 is 0 Å². The van der Waals surface area contributed by atoms with Crippen LogP contribution in [0, 0.1) is 0 Å². The minimum Gasteiger partial charge on any atom is -0.359 e. The van der Waals surface area contributed by atoms with E-state index in [-0.39, 0.29) is 17.6 Å². The average Bonchev–Trinajstić information content (AvgIpc) is 3.40. The Morgan fingerprint density at radius 2 is 2.12 bits per heavy atom. The van der Waals surface area contributed by atoms with Crippen LogP contribution in [0.25, 0.3) is 11.3 Å². The SMILES string of the molecule is CCc1cc(C2CCCN2C(=O)c2cc(-c3ccccc3Cl)on2)on1. The van der Waals surface area contributed by atoms with Crippen molar-refractivity contribution in [2.75, 3.05) is 6.54 Å². The van der Waals surface area contributed by atoms with Crippen molar-refractivity contribution in [1.82, 2.24) is 15.2 Å². The maximum atomic E-state index is 12.9. The molecular weight excluding hydrogens is 354 g/mol. The van der Waals surface area contributed by atoms with Crippen LogP contribution in [0.4, 0.5) is 0 Å². The number of halogens is 1. The molecule has 1 amide bonds. The minimum absolute atomic E-state index is 0.115. The van der Waals surface area contributed by atoms with Crippen molar-refractivity contribution < 1.29 is 13.8 Å². The first-order valence-corrected chi connectivity index (χ1v) is 9.03. The van der Waals surface area contributed by atoms with Crippen molar-refractivity contribution in [3.63, 3.8) is 0 Å². The molecule has 3 heterocycles. The second kappa shape index (κ2) is 6.96. The number of nitrogens with zero attached hydrogens (tertiary/aromatic N) is 3. The van der Waals surface area contributed by atoms with Gasteiger partial charge in [-0.25, -0.2) is 0 Å². The Morgan fingerprint density at radius 3 is 2.88 bits per heavy atom. The number of hydrogen-bond acceptors (Lipinski definition) is 5. The molecule has 0 aliphatic carbocycles. The molecule has 26 heavy (non-hydrogen) atoms. The van der Waals surface area contributed by atoms with Crippen molar-refractivity contribution >= 4 is 17.5 Å².